The molecule has 1 N–H and O–H groups in total. The van der Waals surface area contributed by atoms with Gasteiger partial charge in [0.2, 0.25) is 10.0 Å². The number of hydrogen-bond acceptors (Lipinski definition) is 3. The Bertz CT molecular complexity index is 346. The fourth-order valence-electron chi connectivity index (χ4n) is 2.09. The molecule has 5 heteroatoms. The molecule has 0 aliphatic carbocycles. The summed E-state index contributed by atoms with van der Waals surface area (Å²) in [4.78, 5) is 2.17. The van der Waals surface area contributed by atoms with Crippen LogP contribution in [-0.2, 0) is 10.0 Å². The molecule has 1 saturated heterocycles. The first-order valence-corrected chi connectivity index (χ1v) is 7.93. The highest BCUT2D eigenvalue weighted by Gasteiger charge is 2.30. The van der Waals surface area contributed by atoms with Crippen molar-refractivity contribution in [2.75, 3.05) is 25.9 Å². The van der Waals surface area contributed by atoms with E-state index in [2.05, 4.69) is 37.3 Å². The second-order valence-electron chi connectivity index (χ2n) is 6.55. The molecule has 0 aromatic heterocycles. The van der Waals surface area contributed by atoms with Gasteiger partial charge in [0.15, 0.2) is 0 Å². The van der Waals surface area contributed by atoms with Crippen molar-refractivity contribution in [3.8, 4) is 0 Å². The van der Waals surface area contributed by atoms with Crippen LogP contribution in [0.5, 0.6) is 0 Å². The monoisotopic (exact) mass is 262 g/mol. The molecule has 102 valence electrons. The van der Waals surface area contributed by atoms with Gasteiger partial charge in [0.25, 0.3) is 0 Å². The van der Waals surface area contributed by atoms with E-state index in [0.717, 1.165) is 13.1 Å². The lowest BCUT2D eigenvalue weighted by Gasteiger charge is -2.20. The van der Waals surface area contributed by atoms with Gasteiger partial charge in [0, 0.05) is 19.1 Å². The van der Waals surface area contributed by atoms with Crippen LogP contribution >= 0.6 is 0 Å². The smallest absolute Gasteiger partial charge is 0.211 e. The zero-order chi connectivity index (χ0) is 13.3. The van der Waals surface area contributed by atoms with Crippen molar-refractivity contribution >= 4 is 10.0 Å². The number of rotatable bonds is 4. The SMILES string of the molecule is C[C@@H]1CN(C)C[C@H]1NS(=O)(=O)CCC(C)(C)C. The summed E-state index contributed by atoms with van der Waals surface area (Å²) in [5.74, 6) is 0.619. The van der Waals surface area contributed by atoms with Gasteiger partial charge in [-0.3, -0.25) is 0 Å². The van der Waals surface area contributed by atoms with Crippen LogP contribution in [0.1, 0.15) is 34.1 Å². The predicted molar refractivity (Wildman–Crippen MR) is 71.4 cm³/mol. The predicted octanol–water partition coefficient (Wildman–Crippen LogP) is 1.29. The molecule has 1 aliphatic rings. The molecule has 0 unspecified atom stereocenters. The number of nitrogens with zero attached hydrogens (tertiary/aromatic N) is 1. The van der Waals surface area contributed by atoms with Gasteiger partial charge in [-0.15, -0.1) is 0 Å². The van der Waals surface area contributed by atoms with Gasteiger partial charge in [-0.1, -0.05) is 27.7 Å². The van der Waals surface area contributed by atoms with Crippen molar-refractivity contribution in [2.24, 2.45) is 11.3 Å². The summed E-state index contributed by atoms with van der Waals surface area (Å²) >= 11 is 0. The Morgan fingerprint density at radius 3 is 2.29 bits per heavy atom. The van der Waals surface area contributed by atoms with Crippen LogP contribution in [-0.4, -0.2) is 45.2 Å². The van der Waals surface area contributed by atoms with Crippen LogP contribution in [0.15, 0.2) is 0 Å². The average molecular weight is 262 g/mol. The van der Waals surface area contributed by atoms with Crippen molar-refractivity contribution in [1.82, 2.24) is 9.62 Å². The first kappa shape index (κ1) is 14.9. The Hall–Kier alpha value is -0.130. The van der Waals surface area contributed by atoms with Crippen molar-refractivity contribution in [3.63, 3.8) is 0 Å². The molecule has 0 spiro atoms. The van der Waals surface area contributed by atoms with E-state index in [1.807, 2.05) is 7.05 Å². The minimum Gasteiger partial charge on any atom is -0.304 e. The minimum atomic E-state index is -3.13. The first-order chi connectivity index (χ1) is 7.59. The number of hydrogen-bond donors (Lipinski definition) is 1. The van der Waals surface area contributed by atoms with E-state index in [-0.39, 0.29) is 17.2 Å². The van der Waals surface area contributed by atoms with Gasteiger partial charge in [0.05, 0.1) is 5.75 Å². The number of likely N-dealkylation sites (tertiary alicyclic amines) is 1. The molecule has 2 atom stereocenters. The molecule has 1 heterocycles. The number of likely N-dealkylation sites (N-methyl/N-ethyl adjacent to an activating group) is 1. The molecule has 1 rings (SSSR count). The van der Waals surface area contributed by atoms with Crippen LogP contribution in [0.3, 0.4) is 0 Å². The summed E-state index contributed by atoms with van der Waals surface area (Å²) in [6.45, 7) is 10.1. The van der Waals surface area contributed by atoms with E-state index in [0.29, 0.717) is 12.3 Å². The van der Waals surface area contributed by atoms with E-state index in [4.69, 9.17) is 0 Å². The van der Waals surface area contributed by atoms with Crippen molar-refractivity contribution < 1.29 is 8.42 Å². The van der Waals surface area contributed by atoms with E-state index in [1.54, 1.807) is 0 Å². The van der Waals surface area contributed by atoms with E-state index in [9.17, 15) is 8.42 Å². The van der Waals surface area contributed by atoms with E-state index < -0.39 is 10.0 Å². The zero-order valence-electron chi connectivity index (χ0n) is 11.7. The van der Waals surface area contributed by atoms with Gasteiger partial charge >= 0.3 is 0 Å². The highest BCUT2D eigenvalue weighted by Crippen LogP contribution is 2.20. The molecule has 0 radical (unpaired) electrons. The van der Waals surface area contributed by atoms with Gasteiger partial charge in [-0.2, -0.15) is 0 Å². The minimum absolute atomic E-state index is 0.0623. The lowest BCUT2D eigenvalue weighted by molar-refractivity contribution is 0.393. The molecule has 17 heavy (non-hydrogen) atoms. The van der Waals surface area contributed by atoms with Crippen LogP contribution < -0.4 is 4.72 Å². The maximum atomic E-state index is 12.0. The lowest BCUT2D eigenvalue weighted by atomic mass is 9.94. The Morgan fingerprint density at radius 1 is 1.29 bits per heavy atom. The summed E-state index contributed by atoms with van der Waals surface area (Å²) in [7, 11) is -1.10. The van der Waals surface area contributed by atoms with E-state index in [1.165, 1.54) is 0 Å². The Kier molecular flexibility index (Phi) is 4.60. The highest BCUT2D eigenvalue weighted by atomic mass is 32.2. The largest absolute Gasteiger partial charge is 0.304 e. The van der Waals surface area contributed by atoms with Gasteiger partial charge in [-0.05, 0) is 24.8 Å². The van der Waals surface area contributed by atoms with Crippen LogP contribution in [0.25, 0.3) is 0 Å². The Morgan fingerprint density at radius 2 is 1.88 bits per heavy atom. The Balaban J connectivity index is 2.50. The quantitative estimate of drug-likeness (QED) is 0.830. The average Bonchev–Trinajstić information content (AvgIpc) is 2.40. The van der Waals surface area contributed by atoms with Crippen molar-refractivity contribution in [1.29, 1.82) is 0 Å². The Labute approximate surface area is 106 Å². The maximum Gasteiger partial charge on any atom is 0.211 e. The molecular formula is C12H26N2O2S. The molecule has 1 fully saturated rings. The number of sulfonamides is 1. The fourth-order valence-corrected chi connectivity index (χ4v) is 3.86. The first-order valence-electron chi connectivity index (χ1n) is 6.28. The standard InChI is InChI=1S/C12H26N2O2S/c1-10-8-14(5)9-11(10)13-17(15,16)7-6-12(2,3)4/h10-11,13H,6-9H2,1-5H3/t10-,11-/m1/s1. The molecule has 0 bridgehead atoms. The maximum absolute atomic E-state index is 12.0. The summed E-state index contributed by atoms with van der Waals surface area (Å²) in [6, 6.07) is 0.0740. The zero-order valence-corrected chi connectivity index (χ0v) is 12.5. The number of nitrogens with one attached hydrogen (secondary N) is 1. The van der Waals surface area contributed by atoms with Gasteiger partial charge in [0.1, 0.15) is 0 Å². The van der Waals surface area contributed by atoms with Crippen LogP contribution in [0.4, 0.5) is 0 Å². The normalized spacial score (nSPS) is 27.6. The topological polar surface area (TPSA) is 49.4 Å². The molecule has 4 nitrogen and oxygen atoms in total. The molecule has 0 amide bonds. The molecule has 0 aromatic rings. The summed E-state index contributed by atoms with van der Waals surface area (Å²) < 4.78 is 26.8. The van der Waals surface area contributed by atoms with Crippen molar-refractivity contribution in [3.05, 3.63) is 0 Å². The second kappa shape index (κ2) is 5.24. The summed E-state index contributed by atoms with van der Waals surface area (Å²) in [5, 5.41) is 0. The molecule has 0 saturated carbocycles. The van der Waals surface area contributed by atoms with Gasteiger partial charge in [-0.25, -0.2) is 13.1 Å². The van der Waals surface area contributed by atoms with Crippen LogP contribution in [0.2, 0.25) is 0 Å². The molecular weight excluding hydrogens is 236 g/mol. The molecule has 0 aromatic carbocycles. The third-order valence-corrected chi connectivity index (χ3v) is 4.65. The highest BCUT2D eigenvalue weighted by molar-refractivity contribution is 7.89. The third kappa shape index (κ3) is 5.36. The third-order valence-electron chi connectivity index (χ3n) is 3.25. The second-order valence-corrected chi connectivity index (χ2v) is 8.43. The van der Waals surface area contributed by atoms with Crippen molar-refractivity contribution in [2.45, 2.75) is 40.2 Å². The van der Waals surface area contributed by atoms with Gasteiger partial charge < -0.3 is 4.90 Å². The molecule has 1 aliphatic heterocycles. The summed E-state index contributed by atoms with van der Waals surface area (Å²) in [5.41, 5.74) is 0.0623. The summed E-state index contributed by atoms with van der Waals surface area (Å²) in [6.07, 6.45) is 0.694. The van der Waals surface area contributed by atoms with E-state index >= 15 is 0 Å². The van der Waals surface area contributed by atoms with Crippen LogP contribution in [0, 0.1) is 11.3 Å². The fraction of sp³-hybridized carbons (Fsp3) is 1.00. The lowest BCUT2D eigenvalue weighted by Crippen LogP contribution is -2.41.